The molecule has 3 aromatic rings. The third-order valence-corrected chi connectivity index (χ3v) is 4.95. The second-order valence-electron chi connectivity index (χ2n) is 5.08. The average molecular weight is 342 g/mol. The fourth-order valence-electron chi connectivity index (χ4n) is 2.45. The topological polar surface area (TPSA) is 66.7 Å². The molecule has 0 spiro atoms. The van der Waals surface area contributed by atoms with Gasteiger partial charge in [-0.2, -0.15) is 0 Å². The first-order valence-corrected chi connectivity index (χ1v) is 8.67. The fourth-order valence-corrected chi connectivity index (χ4v) is 3.64. The SMILES string of the molecule is COc1ccc(OC)c(S(=O)(=O)[N-]c2cccc3ccccc23)c1. The van der Waals surface area contributed by atoms with E-state index in [0.29, 0.717) is 11.4 Å². The summed E-state index contributed by atoms with van der Waals surface area (Å²) < 4.78 is 39.9. The van der Waals surface area contributed by atoms with Crippen LogP contribution in [0.25, 0.3) is 15.5 Å². The Bertz CT molecular complexity index is 978. The lowest BCUT2D eigenvalue weighted by Crippen LogP contribution is -2.02. The van der Waals surface area contributed by atoms with Crippen molar-refractivity contribution in [1.82, 2.24) is 0 Å². The van der Waals surface area contributed by atoms with Crippen LogP contribution in [0.15, 0.2) is 65.6 Å². The molecule has 0 amide bonds. The number of sulfonamides is 1. The Labute approximate surface area is 140 Å². The molecule has 0 saturated carbocycles. The van der Waals surface area contributed by atoms with Crippen molar-refractivity contribution in [3.05, 3.63) is 65.4 Å². The molecule has 5 nitrogen and oxygen atoms in total. The lowest BCUT2D eigenvalue weighted by atomic mass is 10.1. The Morgan fingerprint density at radius 3 is 2.38 bits per heavy atom. The summed E-state index contributed by atoms with van der Waals surface area (Å²) in [6.45, 7) is 0. The van der Waals surface area contributed by atoms with Gasteiger partial charge in [-0.15, -0.1) is 5.69 Å². The minimum Gasteiger partial charge on any atom is -0.572 e. The summed E-state index contributed by atoms with van der Waals surface area (Å²) in [6, 6.07) is 17.4. The average Bonchev–Trinajstić information content (AvgIpc) is 2.61. The molecule has 0 saturated heterocycles. The summed E-state index contributed by atoms with van der Waals surface area (Å²) in [6.07, 6.45) is 0. The van der Waals surface area contributed by atoms with Crippen LogP contribution in [0.4, 0.5) is 5.69 Å². The van der Waals surface area contributed by atoms with E-state index in [1.165, 1.54) is 20.3 Å². The molecule has 0 unspecified atom stereocenters. The van der Waals surface area contributed by atoms with Gasteiger partial charge in [0.1, 0.15) is 21.5 Å². The number of ether oxygens (including phenoxy) is 2. The molecule has 124 valence electrons. The van der Waals surface area contributed by atoms with Gasteiger partial charge in [0.05, 0.1) is 19.1 Å². The summed E-state index contributed by atoms with van der Waals surface area (Å²) in [5, 5.41) is 1.69. The normalized spacial score (nSPS) is 11.2. The van der Waals surface area contributed by atoms with Crippen molar-refractivity contribution >= 4 is 26.5 Å². The van der Waals surface area contributed by atoms with Crippen LogP contribution in [0.1, 0.15) is 0 Å². The molecule has 6 heteroatoms. The Kier molecular flexibility index (Phi) is 4.31. The Hall–Kier alpha value is -2.73. The standard InChI is InChI=1S/C18H16NO4S/c1-22-14-10-11-17(23-2)18(12-14)24(20,21)19-16-9-5-7-13-6-3-4-8-15(13)16/h3-12H,1-2H3/q-1. The first-order chi connectivity index (χ1) is 11.5. The first kappa shape index (κ1) is 16.1. The van der Waals surface area contributed by atoms with Crippen molar-refractivity contribution in [3.63, 3.8) is 0 Å². The third kappa shape index (κ3) is 3.00. The fraction of sp³-hybridized carbons (Fsp3) is 0.111. The van der Waals surface area contributed by atoms with Crippen molar-refractivity contribution in [2.45, 2.75) is 4.90 Å². The zero-order valence-corrected chi connectivity index (χ0v) is 14.1. The minimum absolute atomic E-state index is 0.0303. The van der Waals surface area contributed by atoms with E-state index >= 15 is 0 Å². The van der Waals surface area contributed by atoms with Gasteiger partial charge in [-0.1, -0.05) is 42.5 Å². The molecule has 0 radical (unpaired) electrons. The Morgan fingerprint density at radius 2 is 1.62 bits per heavy atom. The maximum atomic E-state index is 12.8. The molecule has 0 aliphatic rings. The van der Waals surface area contributed by atoms with E-state index in [-0.39, 0.29) is 10.6 Å². The molecule has 0 N–H and O–H groups in total. The van der Waals surface area contributed by atoms with Crippen molar-refractivity contribution in [1.29, 1.82) is 0 Å². The van der Waals surface area contributed by atoms with Gasteiger partial charge in [-0.3, -0.25) is 0 Å². The van der Waals surface area contributed by atoms with Gasteiger partial charge in [0.25, 0.3) is 0 Å². The number of benzene rings is 3. The second-order valence-corrected chi connectivity index (χ2v) is 6.65. The van der Waals surface area contributed by atoms with Crippen molar-refractivity contribution in [2.75, 3.05) is 14.2 Å². The number of rotatable bonds is 5. The molecule has 0 heterocycles. The molecule has 0 fully saturated rings. The maximum absolute atomic E-state index is 12.8. The maximum Gasteiger partial charge on any atom is 0.136 e. The van der Waals surface area contributed by atoms with Gasteiger partial charge in [0.15, 0.2) is 0 Å². The summed E-state index contributed by atoms with van der Waals surface area (Å²) in [5.74, 6) is 0.641. The zero-order chi connectivity index (χ0) is 17.2. The molecule has 0 bridgehead atoms. The van der Waals surface area contributed by atoms with E-state index in [1.807, 2.05) is 30.3 Å². The van der Waals surface area contributed by atoms with Crippen molar-refractivity contribution in [2.24, 2.45) is 0 Å². The molecule has 0 aliphatic heterocycles. The van der Waals surface area contributed by atoms with Gasteiger partial charge in [-0.25, -0.2) is 8.42 Å². The number of nitrogens with zero attached hydrogens (tertiary/aromatic N) is 1. The molecule has 24 heavy (non-hydrogen) atoms. The van der Waals surface area contributed by atoms with Crippen LogP contribution in [0.5, 0.6) is 11.5 Å². The minimum atomic E-state index is -3.96. The van der Waals surface area contributed by atoms with Crippen LogP contribution < -0.4 is 9.47 Å². The summed E-state index contributed by atoms with van der Waals surface area (Å²) in [7, 11) is -1.07. The predicted molar refractivity (Wildman–Crippen MR) is 93.7 cm³/mol. The smallest absolute Gasteiger partial charge is 0.136 e. The van der Waals surface area contributed by atoms with Crippen molar-refractivity contribution in [3.8, 4) is 11.5 Å². The van der Waals surface area contributed by atoms with Crippen LogP contribution in [-0.2, 0) is 10.0 Å². The lowest BCUT2D eigenvalue weighted by molar-refractivity contribution is 0.392. The first-order valence-electron chi connectivity index (χ1n) is 7.23. The van der Waals surface area contributed by atoms with E-state index < -0.39 is 10.0 Å². The van der Waals surface area contributed by atoms with Crippen molar-refractivity contribution < 1.29 is 17.9 Å². The Balaban J connectivity index is 2.08. The van der Waals surface area contributed by atoms with Gasteiger partial charge < -0.3 is 14.2 Å². The molecule has 3 aromatic carbocycles. The quantitative estimate of drug-likeness (QED) is 0.695. The molecule has 0 aromatic heterocycles. The van der Waals surface area contributed by atoms with E-state index in [0.717, 1.165) is 10.8 Å². The monoisotopic (exact) mass is 342 g/mol. The molecular weight excluding hydrogens is 326 g/mol. The molecule has 0 aliphatic carbocycles. The van der Waals surface area contributed by atoms with E-state index in [4.69, 9.17) is 9.47 Å². The summed E-state index contributed by atoms with van der Waals surface area (Å²) in [5.41, 5.74) is 0.387. The van der Waals surface area contributed by atoms with Crippen LogP contribution in [0.3, 0.4) is 0 Å². The predicted octanol–water partition coefficient (Wildman–Crippen LogP) is 4.25. The third-order valence-electron chi connectivity index (χ3n) is 3.63. The van der Waals surface area contributed by atoms with Crippen LogP contribution in [0.2, 0.25) is 0 Å². The van der Waals surface area contributed by atoms with Crippen LogP contribution in [0, 0.1) is 0 Å². The van der Waals surface area contributed by atoms with E-state index in [2.05, 4.69) is 4.72 Å². The number of fused-ring (bicyclic) bond motifs is 1. The largest absolute Gasteiger partial charge is 0.572 e. The van der Waals surface area contributed by atoms with Gasteiger partial charge in [0, 0.05) is 6.07 Å². The van der Waals surface area contributed by atoms with Gasteiger partial charge in [0.2, 0.25) is 0 Å². The van der Waals surface area contributed by atoms with Crippen LogP contribution in [-0.4, -0.2) is 22.6 Å². The highest BCUT2D eigenvalue weighted by molar-refractivity contribution is 7.94. The van der Waals surface area contributed by atoms with Crippen LogP contribution >= 0.6 is 0 Å². The lowest BCUT2D eigenvalue weighted by Gasteiger charge is -2.25. The van der Waals surface area contributed by atoms with Gasteiger partial charge in [-0.05, 0) is 22.9 Å². The van der Waals surface area contributed by atoms with Gasteiger partial charge >= 0.3 is 0 Å². The molecular formula is C18H16NO4S-. The summed E-state index contributed by atoms with van der Waals surface area (Å²) >= 11 is 0. The molecule has 0 atom stereocenters. The highest BCUT2D eigenvalue weighted by Crippen LogP contribution is 2.38. The molecule has 3 rings (SSSR count). The number of methoxy groups -OCH3 is 2. The highest BCUT2D eigenvalue weighted by atomic mass is 32.2. The van der Waals surface area contributed by atoms with E-state index in [1.54, 1.807) is 24.3 Å². The van der Waals surface area contributed by atoms with E-state index in [9.17, 15) is 8.42 Å². The second kappa shape index (κ2) is 6.41. The summed E-state index contributed by atoms with van der Waals surface area (Å²) in [4.78, 5) is -0.0303. The number of hydrogen-bond acceptors (Lipinski definition) is 4. The number of hydrogen-bond donors (Lipinski definition) is 0. The highest BCUT2D eigenvalue weighted by Gasteiger charge is 2.14. The zero-order valence-electron chi connectivity index (χ0n) is 13.3. The Morgan fingerprint density at radius 1 is 0.875 bits per heavy atom.